The maximum absolute atomic E-state index is 11.4. The standard InChI is InChI=1S/C14H10N4O2/c15-12(19)9-5-1-2-6-10(9)14-17-13(18-20-14)11-7-3-4-8-16-11/h1-8H,(H2,15,19). The fourth-order valence-electron chi connectivity index (χ4n) is 1.82. The van der Waals surface area contributed by atoms with Crippen LogP contribution in [0.15, 0.2) is 53.2 Å². The molecule has 3 aromatic rings. The number of amides is 1. The van der Waals surface area contributed by atoms with E-state index in [1.165, 1.54) is 0 Å². The lowest BCUT2D eigenvalue weighted by Gasteiger charge is -2.00. The number of hydrogen-bond donors (Lipinski definition) is 1. The Labute approximate surface area is 114 Å². The van der Waals surface area contributed by atoms with Crippen molar-refractivity contribution < 1.29 is 9.32 Å². The van der Waals surface area contributed by atoms with Gasteiger partial charge in [0, 0.05) is 6.20 Å². The lowest BCUT2D eigenvalue weighted by atomic mass is 10.1. The predicted octanol–water partition coefficient (Wildman–Crippen LogP) is 1.90. The van der Waals surface area contributed by atoms with Crippen LogP contribution in [0.4, 0.5) is 0 Å². The zero-order valence-corrected chi connectivity index (χ0v) is 10.4. The van der Waals surface area contributed by atoms with E-state index in [0.717, 1.165) is 0 Å². The topological polar surface area (TPSA) is 94.9 Å². The lowest BCUT2D eigenvalue weighted by molar-refractivity contribution is 0.100. The highest BCUT2D eigenvalue weighted by Crippen LogP contribution is 2.23. The monoisotopic (exact) mass is 266 g/mol. The van der Waals surface area contributed by atoms with Gasteiger partial charge in [-0.1, -0.05) is 23.4 Å². The van der Waals surface area contributed by atoms with Crippen LogP contribution in [0.3, 0.4) is 0 Å². The normalized spacial score (nSPS) is 10.4. The first kappa shape index (κ1) is 12.0. The molecule has 6 heteroatoms. The summed E-state index contributed by atoms with van der Waals surface area (Å²) in [7, 11) is 0. The maximum Gasteiger partial charge on any atom is 0.259 e. The molecule has 0 spiro atoms. The second kappa shape index (κ2) is 4.93. The average Bonchev–Trinajstić information content (AvgIpc) is 2.98. The van der Waals surface area contributed by atoms with Crippen LogP contribution in [-0.4, -0.2) is 21.0 Å². The zero-order valence-electron chi connectivity index (χ0n) is 10.4. The number of rotatable bonds is 3. The van der Waals surface area contributed by atoms with Gasteiger partial charge in [0.25, 0.3) is 5.89 Å². The highest BCUT2D eigenvalue weighted by Gasteiger charge is 2.16. The first-order chi connectivity index (χ1) is 9.75. The summed E-state index contributed by atoms with van der Waals surface area (Å²) in [6, 6.07) is 12.2. The van der Waals surface area contributed by atoms with Gasteiger partial charge in [-0.3, -0.25) is 9.78 Å². The van der Waals surface area contributed by atoms with Gasteiger partial charge in [0.15, 0.2) is 0 Å². The number of carbonyl (C=O) groups is 1. The van der Waals surface area contributed by atoms with E-state index in [1.54, 1.807) is 42.6 Å². The second-order valence-electron chi connectivity index (χ2n) is 4.05. The number of nitrogens with zero attached hydrogens (tertiary/aromatic N) is 3. The molecule has 0 unspecified atom stereocenters. The van der Waals surface area contributed by atoms with Gasteiger partial charge in [0.05, 0.1) is 11.1 Å². The van der Waals surface area contributed by atoms with Crippen LogP contribution in [0.25, 0.3) is 23.0 Å². The van der Waals surface area contributed by atoms with Crippen LogP contribution in [0.5, 0.6) is 0 Å². The third kappa shape index (κ3) is 2.14. The molecular formula is C14H10N4O2. The van der Waals surface area contributed by atoms with Crippen molar-refractivity contribution >= 4 is 5.91 Å². The Morgan fingerprint density at radius 2 is 1.90 bits per heavy atom. The van der Waals surface area contributed by atoms with Gasteiger partial charge in [-0.25, -0.2) is 0 Å². The van der Waals surface area contributed by atoms with Crippen LogP contribution < -0.4 is 5.73 Å². The van der Waals surface area contributed by atoms with E-state index in [2.05, 4.69) is 15.1 Å². The van der Waals surface area contributed by atoms with Crippen molar-refractivity contribution in [2.24, 2.45) is 5.73 Å². The van der Waals surface area contributed by atoms with E-state index in [0.29, 0.717) is 22.6 Å². The van der Waals surface area contributed by atoms with E-state index >= 15 is 0 Å². The predicted molar refractivity (Wildman–Crippen MR) is 71.5 cm³/mol. The van der Waals surface area contributed by atoms with Gasteiger partial charge in [-0.2, -0.15) is 4.98 Å². The van der Waals surface area contributed by atoms with Crippen LogP contribution >= 0.6 is 0 Å². The van der Waals surface area contributed by atoms with E-state index in [1.807, 2.05) is 6.07 Å². The highest BCUT2D eigenvalue weighted by atomic mass is 16.5. The largest absolute Gasteiger partial charge is 0.366 e. The number of carbonyl (C=O) groups excluding carboxylic acids is 1. The summed E-state index contributed by atoms with van der Waals surface area (Å²) in [4.78, 5) is 19.8. The van der Waals surface area contributed by atoms with Crippen molar-refractivity contribution in [2.75, 3.05) is 0 Å². The van der Waals surface area contributed by atoms with Crippen LogP contribution in [-0.2, 0) is 0 Å². The minimum absolute atomic E-state index is 0.236. The van der Waals surface area contributed by atoms with Gasteiger partial charge in [0.1, 0.15) is 5.69 Å². The molecule has 98 valence electrons. The van der Waals surface area contributed by atoms with E-state index in [9.17, 15) is 4.79 Å². The molecule has 0 fully saturated rings. The van der Waals surface area contributed by atoms with Crippen molar-refractivity contribution in [1.82, 2.24) is 15.1 Å². The minimum Gasteiger partial charge on any atom is -0.366 e. The molecule has 2 N–H and O–H groups in total. The fraction of sp³-hybridized carbons (Fsp3) is 0. The molecule has 1 aromatic carbocycles. The molecule has 3 rings (SSSR count). The summed E-state index contributed by atoms with van der Waals surface area (Å²) >= 11 is 0. The molecule has 0 aliphatic carbocycles. The van der Waals surface area contributed by atoms with Gasteiger partial charge in [-0.15, -0.1) is 0 Å². The number of benzene rings is 1. The van der Waals surface area contributed by atoms with E-state index in [4.69, 9.17) is 10.3 Å². The van der Waals surface area contributed by atoms with Crippen LogP contribution in [0, 0.1) is 0 Å². The van der Waals surface area contributed by atoms with E-state index < -0.39 is 5.91 Å². The van der Waals surface area contributed by atoms with Crippen molar-refractivity contribution in [3.63, 3.8) is 0 Å². The number of aromatic nitrogens is 3. The molecule has 0 saturated heterocycles. The Bertz CT molecular complexity index is 753. The molecule has 0 bridgehead atoms. The molecule has 6 nitrogen and oxygen atoms in total. The summed E-state index contributed by atoms with van der Waals surface area (Å²) in [6.07, 6.45) is 1.64. The number of primary amides is 1. The maximum atomic E-state index is 11.4. The molecule has 0 aliphatic rings. The summed E-state index contributed by atoms with van der Waals surface area (Å²) < 4.78 is 5.19. The van der Waals surface area contributed by atoms with Crippen molar-refractivity contribution in [3.05, 3.63) is 54.2 Å². The Morgan fingerprint density at radius 3 is 2.65 bits per heavy atom. The molecule has 0 aliphatic heterocycles. The van der Waals surface area contributed by atoms with E-state index in [-0.39, 0.29) is 5.89 Å². The molecule has 0 saturated carbocycles. The van der Waals surface area contributed by atoms with Crippen molar-refractivity contribution in [3.8, 4) is 23.0 Å². The number of nitrogens with two attached hydrogens (primary N) is 1. The smallest absolute Gasteiger partial charge is 0.259 e. The molecule has 2 aromatic heterocycles. The first-order valence-corrected chi connectivity index (χ1v) is 5.90. The van der Waals surface area contributed by atoms with Gasteiger partial charge >= 0.3 is 0 Å². The molecule has 0 radical (unpaired) electrons. The molecule has 20 heavy (non-hydrogen) atoms. The van der Waals surface area contributed by atoms with Crippen molar-refractivity contribution in [1.29, 1.82) is 0 Å². The van der Waals surface area contributed by atoms with Crippen LogP contribution in [0.2, 0.25) is 0 Å². The Kier molecular flexibility index (Phi) is 2.96. The summed E-state index contributed by atoms with van der Waals surface area (Å²) in [5, 5.41) is 3.86. The highest BCUT2D eigenvalue weighted by molar-refractivity contribution is 5.98. The second-order valence-corrected chi connectivity index (χ2v) is 4.05. The SMILES string of the molecule is NC(=O)c1ccccc1-c1nc(-c2ccccn2)no1. The first-order valence-electron chi connectivity index (χ1n) is 5.90. The van der Waals surface area contributed by atoms with Gasteiger partial charge in [0.2, 0.25) is 11.7 Å². The van der Waals surface area contributed by atoms with Crippen LogP contribution in [0.1, 0.15) is 10.4 Å². The van der Waals surface area contributed by atoms with Crippen molar-refractivity contribution in [2.45, 2.75) is 0 Å². The number of hydrogen-bond acceptors (Lipinski definition) is 5. The Balaban J connectivity index is 2.05. The van der Waals surface area contributed by atoms with Gasteiger partial charge in [-0.05, 0) is 24.3 Å². The molecule has 2 heterocycles. The average molecular weight is 266 g/mol. The lowest BCUT2D eigenvalue weighted by Crippen LogP contribution is -2.12. The molecule has 0 atom stereocenters. The minimum atomic E-state index is -0.543. The fourth-order valence-corrected chi connectivity index (χ4v) is 1.82. The van der Waals surface area contributed by atoms with Gasteiger partial charge < -0.3 is 10.3 Å². The molecular weight excluding hydrogens is 256 g/mol. The summed E-state index contributed by atoms with van der Waals surface area (Å²) in [5.41, 5.74) is 6.77. The Hall–Kier alpha value is -3.02. The third-order valence-corrected chi connectivity index (χ3v) is 2.74. The Morgan fingerprint density at radius 1 is 1.10 bits per heavy atom. The molecule has 1 amide bonds. The number of pyridine rings is 1. The third-order valence-electron chi connectivity index (χ3n) is 2.74. The summed E-state index contributed by atoms with van der Waals surface area (Å²) in [6.45, 7) is 0. The zero-order chi connectivity index (χ0) is 13.9. The quantitative estimate of drug-likeness (QED) is 0.781. The summed E-state index contributed by atoms with van der Waals surface area (Å²) in [5.74, 6) is 0.0538.